The lowest BCUT2D eigenvalue weighted by molar-refractivity contribution is -0.0716. The van der Waals surface area contributed by atoms with Crippen molar-refractivity contribution in [3.8, 4) is 11.5 Å². The quantitative estimate of drug-likeness (QED) is 0.792. The monoisotopic (exact) mass is 233 g/mol. The van der Waals surface area contributed by atoms with Crippen LogP contribution in [0.3, 0.4) is 0 Å². The number of ketones is 1. The van der Waals surface area contributed by atoms with Crippen LogP contribution in [0.15, 0.2) is 18.2 Å². The molecule has 0 aromatic heterocycles. The zero-order chi connectivity index (χ0) is 11.9. The van der Waals surface area contributed by atoms with E-state index in [9.17, 15) is 4.79 Å². The summed E-state index contributed by atoms with van der Waals surface area (Å²) in [6, 6.07) is 5.27. The predicted octanol–water partition coefficient (Wildman–Crippen LogP) is 1.87. The van der Waals surface area contributed by atoms with Gasteiger partial charge in [-0.3, -0.25) is 4.79 Å². The number of ether oxygens (including phenoxy) is 2. The van der Waals surface area contributed by atoms with E-state index >= 15 is 0 Å². The lowest BCUT2D eigenvalue weighted by Crippen LogP contribution is -2.34. The first-order valence-corrected chi connectivity index (χ1v) is 5.98. The summed E-state index contributed by atoms with van der Waals surface area (Å²) in [5, 5.41) is 0. The molecule has 2 aliphatic rings. The molecule has 1 spiro atoms. The van der Waals surface area contributed by atoms with Gasteiger partial charge in [-0.2, -0.15) is 0 Å². The van der Waals surface area contributed by atoms with Crippen LogP contribution in [0.5, 0.6) is 11.5 Å². The molecule has 0 radical (unpaired) electrons. The summed E-state index contributed by atoms with van der Waals surface area (Å²) in [6.07, 6.45) is 4.09. The van der Waals surface area contributed by atoms with E-state index in [1.165, 1.54) is 0 Å². The Balaban J connectivity index is 1.90. The molecule has 2 N–H and O–H groups in total. The highest BCUT2D eigenvalue weighted by molar-refractivity contribution is 5.98. The Kier molecular flexibility index (Phi) is 2.33. The predicted molar refractivity (Wildman–Crippen MR) is 62.3 cm³/mol. The molecule has 17 heavy (non-hydrogen) atoms. The molecule has 0 unspecified atom stereocenters. The highest BCUT2D eigenvalue weighted by Gasteiger charge is 2.44. The number of hydrogen-bond donors (Lipinski definition) is 1. The van der Waals surface area contributed by atoms with E-state index in [-0.39, 0.29) is 12.3 Å². The number of Topliss-reactive ketones (excluding diaryl/α,β-unsaturated/α-hetero) is 1. The maximum atomic E-state index is 11.5. The van der Waals surface area contributed by atoms with Gasteiger partial charge in [0, 0.05) is 18.4 Å². The van der Waals surface area contributed by atoms with E-state index in [1.54, 1.807) is 18.2 Å². The van der Waals surface area contributed by atoms with Crippen LogP contribution >= 0.6 is 0 Å². The molecule has 4 heteroatoms. The molecule has 1 aliphatic carbocycles. The van der Waals surface area contributed by atoms with E-state index < -0.39 is 5.79 Å². The Morgan fingerprint density at radius 3 is 2.65 bits per heavy atom. The number of benzene rings is 1. The van der Waals surface area contributed by atoms with Gasteiger partial charge in [-0.1, -0.05) is 0 Å². The molecule has 3 rings (SSSR count). The minimum absolute atomic E-state index is 0.0186. The maximum Gasteiger partial charge on any atom is 0.251 e. The number of carbonyl (C=O) groups excluding carboxylic acids is 1. The van der Waals surface area contributed by atoms with Gasteiger partial charge in [0.25, 0.3) is 5.79 Å². The molecule has 0 saturated heterocycles. The minimum Gasteiger partial charge on any atom is -0.448 e. The highest BCUT2D eigenvalue weighted by atomic mass is 16.7. The number of carbonyl (C=O) groups is 1. The van der Waals surface area contributed by atoms with Crippen molar-refractivity contribution in [1.29, 1.82) is 0 Å². The van der Waals surface area contributed by atoms with Crippen molar-refractivity contribution in [3.63, 3.8) is 0 Å². The summed E-state index contributed by atoms with van der Waals surface area (Å²) in [5.41, 5.74) is 5.93. The molecule has 1 aromatic rings. The van der Waals surface area contributed by atoms with E-state index in [2.05, 4.69) is 0 Å². The van der Waals surface area contributed by atoms with Crippen molar-refractivity contribution < 1.29 is 14.3 Å². The number of fused-ring (bicyclic) bond motifs is 1. The molecule has 0 amide bonds. The van der Waals surface area contributed by atoms with Crippen molar-refractivity contribution in [2.45, 2.75) is 31.5 Å². The summed E-state index contributed by atoms with van der Waals surface area (Å²) in [6.45, 7) is 0.0186. The molecule has 4 nitrogen and oxygen atoms in total. The fraction of sp³-hybridized carbons (Fsp3) is 0.462. The van der Waals surface area contributed by atoms with Crippen molar-refractivity contribution in [2.24, 2.45) is 5.73 Å². The summed E-state index contributed by atoms with van der Waals surface area (Å²) >= 11 is 0. The van der Waals surface area contributed by atoms with Gasteiger partial charge >= 0.3 is 0 Å². The molecular formula is C13H15NO3. The van der Waals surface area contributed by atoms with Gasteiger partial charge < -0.3 is 15.2 Å². The Labute approximate surface area is 99.7 Å². The Morgan fingerprint density at radius 2 is 1.94 bits per heavy atom. The standard InChI is InChI=1S/C13H15NO3/c14-8-10(15)9-3-4-11-12(7-9)17-13(16-11)5-1-2-6-13/h3-4,7H,1-2,5-6,8,14H2. The molecule has 90 valence electrons. The molecule has 1 aromatic carbocycles. The first-order chi connectivity index (χ1) is 8.22. The summed E-state index contributed by atoms with van der Waals surface area (Å²) < 4.78 is 11.7. The number of rotatable bonds is 2. The molecular weight excluding hydrogens is 218 g/mol. The number of hydrogen-bond acceptors (Lipinski definition) is 4. The van der Waals surface area contributed by atoms with Gasteiger partial charge in [0.05, 0.1) is 6.54 Å². The third-order valence-corrected chi connectivity index (χ3v) is 3.41. The van der Waals surface area contributed by atoms with Gasteiger partial charge in [0.15, 0.2) is 17.3 Å². The van der Waals surface area contributed by atoms with Crippen LogP contribution in [-0.4, -0.2) is 18.1 Å². The van der Waals surface area contributed by atoms with Gasteiger partial charge in [0.2, 0.25) is 0 Å². The van der Waals surface area contributed by atoms with Crippen molar-refractivity contribution in [2.75, 3.05) is 6.54 Å². The molecule has 1 fully saturated rings. The third-order valence-electron chi connectivity index (χ3n) is 3.41. The first-order valence-electron chi connectivity index (χ1n) is 5.98. The van der Waals surface area contributed by atoms with E-state index in [0.29, 0.717) is 11.3 Å². The zero-order valence-corrected chi connectivity index (χ0v) is 9.57. The van der Waals surface area contributed by atoms with Crippen molar-refractivity contribution in [3.05, 3.63) is 23.8 Å². The van der Waals surface area contributed by atoms with Crippen LogP contribution in [0.2, 0.25) is 0 Å². The second kappa shape index (κ2) is 3.74. The lowest BCUT2D eigenvalue weighted by Gasteiger charge is -2.21. The normalized spacial score (nSPS) is 19.8. The van der Waals surface area contributed by atoms with Gasteiger partial charge in [0.1, 0.15) is 0 Å². The van der Waals surface area contributed by atoms with E-state index in [4.69, 9.17) is 15.2 Å². The topological polar surface area (TPSA) is 61.6 Å². The zero-order valence-electron chi connectivity index (χ0n) is 9.57. The molecule has 1 saturated carbocycles. The average molecular weight is 233 g/mol. The van der Waals surface area contributed by atoms with Crippen LogP contribution in [0, 0.1) is 0 Å². The first kappa shape index (κ1) is 10.6. The molecule has 0 bridgehead atoms. The Hall–Kier alpha value is -1.55. The maximum absolute atomic E-state index is 11.5. The van der Waals surface area contributed by atoms with Crippen molar-refractivity contribution >= 4 is 5.78 Å². The average Bonchev–Trinajstić information content (AvgIpc) is 2.94. The molecule has 1 heterocycles. The second-order valence-corrected chi connectivity index (χ2v) is 4.61. The number of nitrogens with two attached hydrogens (primary N) is 1. The smallest absolute Gasteiger partial charge is 0.251 e. The summed E-state index contributed by atoms with van der Waals surface area (Å²) in [4.78, 5) is 11.5. The van der Waals surface area contributed by atoms with Gasteiger partial charge in [-0.15, -0.1) is 0 Å². The molecule has 1 aliphatic heterocycles. The SMILES string of the molecule is NCC(=O)c1ccc2c(c1)OC1(CCCC1)O2. The van der Waals surface area contributed by atoms with Crippen LogP contribution < -0.4 is 15.2 Å². The van der Waals surface area contributed by atoms with Crippen molar-refractivity contribution in [1.82, 2.24) is 0 Å². The van der Waals surface area contributed by atoms with Crippen LogP contribution in [0.1, 0.15) is 36.0 Å². The Morgan fingerprint density at radius 1 is 1.24 bits per heavy atom. The van der Waals surface area contributed by atoms with Crippen LogP contribution in [-0.2, 0) is 0 Å². The van der Waals surface area contributed by atoms with Gasteiger partial charge in [-0.05, 0) is 31.0 Å². The lowest BCUT2D eigenvalue weighted by atomic mass is 10.1. The van der Waals surface area contributed by atoms with E-state index in [1.807, 2.05) is 0 Å². The molecule has 0 atom stereocenters. The largest absolute Gasteiger partial charge is 0.448 e. The third kappa shape index (κ3) is 1.69. The fourth-order valence-electron chi connectivity index (χ4n) is 2.50. The summed E-state index contributed by atoms with van der Waals surface area (Å²) in [7, 11) is 0. The van der Waals surface area contributed by atoms with E-state index in [0.717, 1.165) is 31.4 Å². The summed E-state index contributed by atoms with van der Waals surface area (Å²) in [5.74, 6) is 0.864. The second-order valence-electron chi connectivity index (χ2n) is 4.61. The fourth-order valence-corrected chi connectivity index (χ4v) is 2.50. The Bertz CT molecular complexity index is 464. The van der Waals surface area contributed by atoms with Crippen LogP contribution in [0.4, 0.5) is 0 Å². The highest BCUT2D eigenvalue weighted by Crippen LogP contribution is 2.46. The van der Waals surface area contributed by atoms with Crippen LogP contribution in [0.25, 0.3) is 0 Å². The minimum atomic E-state index is -0.466. The van der Waals surface area contributed by atoms with Gasteiger partial charge in [-0.25, -0.2) is 0 Å².